The Labute approximate surface area is 194 Å². The fraction of sp³-hybridized carbons (Fsp3) is 0.609. The SMILES string of the molecule is CCOC(=O)[C@H](CCc1ccc(Cl)cc1)N[C@@H](CCCCN)C(=O)N1CCC[C@H]1C(=O)O. The van der Waals surface area contributed by atoms with Gasteiger partial charge in [-0.3, -0.25) is 14.9 Å². The average Bonchev–Trinajstić information content (AvgIpc) is 3.26. The van der Waals surface area contributed by atoms with Gasteiger partial charge in [-0.05, 0) is 69.7 Å². The molecule has 1 heterocycles. The lowest BCUT2D eigenvalue weighted by Crippen LogP contribution is -2.54. The highest BCUT2D eigenvalue weighted by atomic mass is 35.5. The van der Waals surface area contributed by atoms with Crippen molar-refractivity contribution >= 4 is 29.4 Å². The molecule has 4 N–H and O–H groups in total. The number of carbonyl (C=O) groups is 3. The van der Waals surface area contributed by atoms with Gasteiger partial charge in [0.25, 0.3) is 0 Å². The molecule has 3 atom stereocenters. The van der Waals surface area contributed by atoms with Crippen LogP contribution in [0.15, 0.2) is 24.3 Å². The summed E-state index contributed by atoms with van der Waals surface area (Å²) in [7, 11) is 0. The number of carboxylic acids is 1. The Morgan fingerprint density at radius 1 is 1.22 bits per heavy atom. The van der Waals surface area contributed by atoms with Crippen LogP contribution < -0.4 is 11.1 Å². The van der Waals surface area contributed by atoms with Gasteiger partial charge in [-0.2, -0.15) is 0 Å². The van der Waals surface area contributed by atoms with E-state index in [1.54, 1.807) is 19.1 Å². The molecule has 1 aliphatic heterocycles. The van der Waals surface area contributed by atoms with Crippen LogP contribution in [-0.2, 0) is 25.5 Å². The average molecular weight is 468 g/mol. The van der Waals surface area contributed by atoms with Gasteiger partial charge in [0, 0.05) is 11.6 Å². The number of amides is 1. The number of unbranched alkanes of at least 4 members (excludes halogenated alkanes) is 1. The molecule has 8 nitrogen and oxygen atoms in total. The maximum atomic E-state index is 13.3. The third-order valence-electron chi connectivity index (χ3n) is 5.67. The minimum absolute atomic E-state index is 0.233. The first-order valence-corrected chi connectivity index (χ1v) is 11.7. The number of hydrogen-bond acceptors (Lipinski definition) is 6. The summed E-state index contributed by atoms with van der Waals surface area (Å²) < 4.78 is 5.24. The van der Waals surface area contributed by atoms with Crippen molar-refractivity contribution in [1.29, 1.82) is 0 Å². The Balaban J connectivity index is 2.15. The number of carbonyl (C=O) groups excluding carboxylic acids is 2. The van der Waals surface area contributed by atoms with E-state index in [0.29, 0.717) is 56.6 Å². The van der Waals surface area contributed by atoms with Crippen molar-refractivity contribution in [2.45, 2.75) is 70.0 Å². The van der Waals surface area contributed by atoms with Gasteiger partial charge < -0.3 is 20.5 Å². The van der Waals surface area contributed by atoms with Crippen LogP contribution in [0.3, 0.4) is 0 Å². The third kappa shape index (κ3) is 7.76. The number of ether oxygens (including phenoxy) is 1. The molecular formula is C23H34ClN3O5. The number of rotatable bonds is 13. The minimum atomic E-state index is -0.999. The number of aliphatic carboxylic acids is 1. The van der Waals surface area contributed by atoms with Crippen LogP contribution in [0.4, 0.5) is 0 Å². The molecule has 0 unspecified atom stereocenters. The molecule has 0 spiro atoms. The summed E-state index contributed by atoms with van der Waals surface area (Å²) >= 11 is 5.95. The zero-order chi connectivity index (χ0) is 23.5. The quantitative estimate of drug-likeness (QED) is 0.300. The molecular weight excluding hydrogens is 434 g/mol. The molecule has 32 heavy (non-hydrogen) atoms. The molecule has 0 aliphatic carbocycles. The third-order valence-corrected chi connectivity index (χ3v) is 5.93. The minimum Gasteiger partial charge on any atom is -0.480 e. The van der Waals surface area contributed by atoms with Crippen molar-refractivity contribution in [2.75, 3.05) is 19.7 Å². The van der Waals surface area contributed by atoms with E-state index in [1.807, 2.05) is 12.1 Å². The summed E-state index contributed by atoms with van der Waals surface area (Å²) in [5, 5.41) is 13.3. The number of carboxylic acid groups (broad SMARTS) is 1. The molecule has 0 radical (unpaired) electrons. The van der Waals surface area contributed by atoms with Crippen molar-refractivity contribution < 1.29 is 24.2 Å². The lowest BCUT2D eigenvalue weighted by Gasteiger charge is -2.30. The normalized spacial score (nSPS) is 17.7. The largest absolute Gasteiger partial charge is 0.480 e. The zero-order valence-corrected chi connectivity index (χ0v) is 19.4. The molecule has 0 bridgehead atoms. The Morgan fingerprint density at radius 3 is 2.56 bits per heavy atom. The lowest BCUT2D eigenvalue weighted by atomic mass is 10.0. The van der Waals surface area contributed by atoms with Gasteiger partial charge in [0.15, 0.2) is 0 Å². The number of nitrogens with one attached hydrogen (secondary N) is 1. The van der Waals surface area contributed by atoms with Crippen LogP contribution in [0, 0.1) is 0 Å². The molecule has 1 amide bonds. The fourth-order valence-corrected chi connectivity index (χ4v) is 4.10. The van der Waals surface area contributed by atoms with E-state index in [4.69, 9.17) is 22.1 Å². The van der Waals surface area contributed by atoms with E-state index in [2.05, 4.69) is 5.32 Å². The van der Waals surface area contributed by atoms with Crippen molar-refractivity contribution in [3.63, 3.8) is 0 Å². The van der Waals surface area contributed by atoms with E-state index < -0.39 is 30.1 Å². The summed E-state index contributed by atoms with van der Waals surface area (Å²) in [4.78, 5) is 38.9. The van der Waals surface area contributed by atoms with E-state index in [-0.39, 0.29) is 12.5 Å². The van der Waals surface area contributed by atoms with Gasteiger partial charge in [-0.15, -0.1) is 0 Å². The van der Waals surface area contributed by atoms with E-state index in [0.717, 1.165) is 12.0 Å². The summed E-state index contributed by atoms with van der Waals surface area (Å²) in [6.07, 6.45) is 4.02. The van der Waals surface area contributed by atoms with Crippen LogP contribution >= 0.6 is 11.6 Å². The number of nitrogens with zero attached hydrogens (tertiary/aromatic N) is 1. The predicted molar refractivity (Wildman–Crippen MR) is 122 cm³/mol. The smallest absolute Gasteiger partial charge is 0.326 e. The molecule has 178 valence electrons. The number of nitrogens with two attached hydrogens (primary N) is 1. The second-order valence-corrected chi connectivity index (χ2v) is 8.44. The van der Waals surface area contributed by atoms with E-state index in [9.17, 15) is 19.5 Å². The topological polar surface area (TPSA) is 122 Å². The molecule has 0 saturated carbocycles. The van der Waals surface area contributed by atoms with Gasteiger partial charge >= 0.3 is 11.9 Å². The van der Waals surface area contributed by atoms with Crippen LogP contribution in [-0.4, -0.2) is 65.7 Å². The number of esters is 1. The molecule has 1 saturated heterocycles. The standard InChI is InChI=1S/C23H34ClN3O5/c1-2-32-23(31)19(13-10-16-8-11-17(24)12-9-16)26-18(6-3-4-14-25)21(28)27-15-5-7-20(27)22(29)30/h8-9,11-12,18-20,26H,2-7,10,13-15,25H2,1H3,(H,29,30)/t18-,19-,20-/m0/s1. The first kappa shape index (κ1) is 26.1. The first-order chi connectivity index (χ1) is 15.4. The number of aryl methyl sites for hydroxylation is 1. The molecule has 1 fully saturated rings. The zero-order valence-electron chi connectivity index (χ0n) is 18.6. The van der Waals surface area contributed by atoms with E-state index in [1.165, 1.54) is 4.90 Å². The predicted octanol–water partition coefficient (Wildman–Crippen LogP) is 2.37. The fourth-order valence-electron chi connectivity index (χ4n) is 3.98. The van der Waals surface area contributed by atoms with Gasteiger partial charge in [-0.1, -0.05) is 30.2 Å². The summed E-state index contributed by atoms with van der Waals surface area (Å²) in [5.41, 5.74) is 6.63. The Kier molecular flexibility index (Phi) is 10.9. The van der Waals surface area contributed by atoms with Gasteiger partial charge in [0.2, 0.25) is 5.91 Å². The Bertz CT molecular complexity index is 759. The number of hydrogen-bond donors (Lipinski definition) is 3. The van der Waals surface area contributed by atoms with Crippen molar-refractivity contribution in [2.24, 2.45) is 5.73 Å². The second kappa shape index (κ2) is 13.4. The monoisotopic (exact) mass is 467 g/mol. The Hall–Kier alpha value is -2.16. The van der Waals surface area contributed by atoms with Gasteiger partial charge in [-0.25, -0.2) is 4.79 Å². The highest BCUT2D eigenvalue weighted by molar-refractivity contribution is 6.30. The maximum absolute atomic E-state index is 13.3. The van der Waals surface area contributed by atoms with Crippen LogP contribution in [0.1, 0.15) is 51.0 Å². The van der Waals surface area contributed by atoms with Crippen molar-refractivity contribution in [3.05, 3.63) is 34.9 Å². The first-order valence-electron chi connectivity index (χ1n) is 11.3. The highest BCUT2D eigenvalue weighted by Gasteiger charge is 2.38. The van der Waals surface area contributed by atoms with Crippen molar-refractivity contribution in [3.8, 4) is 0 Å². The van der Waals surface area contributed by atoms with Crippen molar-refractivity contribution in [1.82, 2.24) is 10.2 Å². The molecule has 0 aromatic heterocycles. The molecule has 1 aromatic carbocycles. The summed E-state index contributed by atoms with van der Waals surface area (Å²) in [5.74, 6) is -1.71. The summed E-state index contributed by atoms with van der Waals surface area (Å²) in [6.45, 7) is 2.87. The second-order valence-electron chi connectivity index (χ2n) is 8.00. The molecule has 9 heteroatoms. The maximum Gasteiger partial charge on any atom is 0.326 e. The number of halogens is 1. The number of benzene rings is 1. The van der Waals surface area contributed by atoms with Crippen LogP contribution in [0.25, 0.3) is 0 Å². The molecule has 2 rings (SSSR count). The van der Waals surface area contributed by atoms with Gasteiger partial charge in [0.1, 0.15) is 12.1 Å². The van der Waals surface area contributed by atoms with Gasteiger partial charge in [0.05, 0.1) is 12.6 Å². The van der Waals surface area contributed by atoms with Crippen LogP contribution in [0.5, 0.6) is 0 Å². The highest BCUT2D eigenvalue weighted by Crippen LogP contribution is 2.21. The molecule has 1 aliphatic rings. The summed E-state index contributed by atoms with van der Waals surface area (Å²) in [6, 6.07) is 5.19. The van der Waals surface area contributed by atoms with Crippen LogP contribution in [0.2, 0.25) is 5.02 Å². The Morgan fingerprint density at radius 2 is 1.94 bits per heavy atom. The lowest BCUT2D eigenvalue weighted by molar-refractivity contribution is -0.150. The number of likely N-dealkylation sites (tertiary alicyclic amines) is 1. The van der Waals surface area contributed by atoms with E-state index >= 15 is 0 Å². The molecule has 1 aromatic rings.